The Morgan fingerprint density at radius 3 is 2.50 bits per heavy atom. The molecule has 0 aliphatic heterocycles. The normalized spacial score (nSPS) is 10.4. The van der Waals surface area contributed by atoms with Crippen molar-refractivity contribution in [3.05, 3.63) is 71.2 Å². The Balaban J connectivity index is 1.57. The van der Waals surface area contributed by atoms with E-state index in [1.54, 1.807) is 11.4 Å². The van der Waals surface area contributed by atoms with Crippen molar-refractivity contribution in [2.75, 3.05) is 11.5 Å². The molecular weight excluding hydrogens is 376 g/mol. The number of carbonyl (C=O) groups is 2. The van der Waals surface area contributed by atoms with Gasteiger partial charge in [0.05, 0.1) is 11.4 Å². The molecule has 6 nitrogen and oxygen atoms in total. The Labute approximate surface area is 167 Å². The standard InChI is InChI=1S/C21H20N2O4S/c1-15-8-6-7-11-19(15)26-13-20(25)27-12-17-14-28-21(22-17)23(16(2)24)18-9-4-3-5-10-18/h3-11,14H,12-13H2,1-2H3. The minimum atomic E-state index is -0.482. The molecule has 0 fully saturated rings. The summed E-state index contributed by atoms with van der Waals surface area (Å²) in [6, 6.07) is 16.7. The maximum Gasteiger partial charge on any atom is 0.344 e. The third-order valence-electron chi connectivity index (χ3n) is 3.88. The third kappa shape index (κ3) is 4.95. The zero-order valence-electron chi connectivity index (χ0n) is 15.6. The predicted molar refractivity (Wildman–Crippen MR) is 108 cm³/mol. The van der Waals surface area contributed by atoms with Gasteiger partial charge in [0.1, 0.15) is 12.4 Å². The molecule has 3 rings (SSSR count). The minimum absolute atomic E-state index is 0.0208. The van der Waals surface area contributed by atoms with Crippen molar-refractivity contribution >= 4 is 34.0 Å². The topological polar surface area (TPSA) is 68.7 Å². The number of aromatic nitrogens is 1. The van der Waals surface area contributed by atoms with Gasteiger partial charge in [-0.1, -0.05) is 36.4 Å². The second-order valence-corrected chi connectivity index (χ2v) is 6.86. The molecule has 0 spiro atoms. The van der Waals surface area contributed by atoms with Gasteiger partial charge in [-0.25, -0.2) is 9.78 Å². The highest BCUT2D eigenvalue weighted by atomic mass is 32.1. The Bertz CT molecular complexity index is 956. The molecule has 3 aromatic rings. The number of rotatable bonds is 7. The van der Waals surface area contributed by atoms with Gasteiger partial charge in [0, 0.05) is 12.3 Å². The number of para-hydroxylation sites is 2. The van der Waals surface area contributed by atoms with Gasteiger partial charge >= 0.3 is 5.97 Å². The molecule has 0 unspecified atom stereocenters. The fourth-order valence-corrected chi connectivity index (χ4v) is 3.39. The second-order valence-electron chi connectivity index (χ2n) is 6.03. The molecule has 1 heterocycles. The SMILES string of the molecule is CC(=O)N(c1ccccc1)c1nc(COC(=O)COc2ccccc2C)cs1. The summed E-state index contributed by atoms with van der Waals surface area (Å²) in [5.74, 6) is 0.0235. The van der Waals surface area contributed by atoms with E-state index >= 15 is 0 Å². The van der Waals surface area contributed by atoms with E-state index in [4.69, 9.17) is 9.47 Å². The summed E-state index contributed by atoms with van der Waals surface area (Å²) in [4.78, 5) is 29.9. The molecule has 0 N–H and O–H groups in total. The highest BCUT2D eigenvalue weighted by molar-refractivity contribution is 7.14. The lowest BCUT2D eigenvalue weighted by Gasteiger charge is -2.17. The first-order valence-electron chi connectivity index (χ1n) is 8.69. The number of ether oxygens (including phenoxy) is 2. The summed E-state index contributed by atoms with van der Waals surface area (Å²) >= 11 is 1.32. The van der Waals surface area contributed by atoms with Crippen LogP contribution in [0.5, 0.6) is 5.75 Å². The molecule has 0 aliphatic carbocycles. The van der Waals surface area contributed by atoms with Crippen LogP contribution in [0.1, 0.15) is 18.2 Å². The summed E-state index contributed by atoms with van der Waals surface area (Å²) in [6.45, 7) is 3.24. The smallest absolute Gasteiger partial charge is 0.344 e. The number of hydrogen-bond donors (Lipinski definition) is 0. The highest BCUT2D eigenvalue weighted by Gasteiger charge is 2.18. The first kappa shape index (κ1) is 19.6. The Hall–Kier alpha value is -3.19. The highest BCUT2D eigenvalue weighted by Crippen LogP contribution is 2.28. The number of thiazole rings is 1. The van der Waals surface area contributed by atoms with Crippen molar-refractivity contribution in [2.45, 2.75) is 20.5 Å². The van der Waals surface area contributed by atoms with Gasteiger partial charge in [-0.05, 0) is 30.7 Å². The van der Waals surface area contributed by atoms with Crippen LogP contribution in [0, 0.1) is 6.92 Å². The lowest BCUT2D eigenvalue weighted by molar-refractivity contribution is -0.147. The van der Waals surface area contributed by atoms with Crippen LogP contribution in [0.2, 0.25) is 0 Å². The Morgan fingerprint density at radius 1 is 1.07 bits per heavy atom. The van der Waals surface area contributed by atoms with Gasteiger partial charge in [-0.3, -0.25) is 9.69 Å². The molecule has 1 aromatic heterocycles. The van der Waals surface area contributed by atoms with Crippen molar-refractivity contribution < 1.29 is 19.1 Å². The van der Waals surface area contributed by atoms with E-state index in [-0.39, 0.29) is 19.1 Å². The van der Waals surface area contributed by atoms with Crippen LogP contribution in [-0.4, -0.2) is 23.5 Å². The molecule has 0 aliphatic rings. The van der Waals surface area contributed by atoms with E-state index in [0.717, 1.165) is 11.3 Å². The van der Waals surface area contributed by atoms with E-state index in [9.17, 15) is 9.59 Å². The average molecular weight is 396 g/mol. The molecule has 7 heteroatoms. The summed E-state index contributed by atoms with van der Waals surface area (Å²) in [5, 5.41) is 2.30. The molecule has 144 valence electrons. The van der Waals surface area contributed by atoms with Crippen molar-refractivity contribution in [1.29, 1.82) is 0 Å². The fraction of sp³-hybridized carbons (Fsp3) is 0.190. The number of amides is 1. The van der Waals surface area contributed by atoms with E-state index in [1.807, 2.05) is 55.5 Å². The number of esters is 1. The molecule has 0 saturated carbocycles. The summed E-state index contributed by atoms with van der Waals surface area (Å²) < 4.78 is 10.7. The molecular formula is C21H20N2O4S. The molecule has 0 atom stereocenters. The van der Waals surface area contributed by atoms with Crippen LogP contribution in [-0.2, 0) is 20.9 Å². The van der Waals surface area contributed by atoms with Crippen LogP contribution in [0.4, 0.5) is 10.8 Å². The minimum Gasteiger partial charge on any atom is -0.482 e. The number of carbonyl (C=O) groups excluding carboxylic acids is 2. The zero-order valence-corrected chi connectivity index (χ0v) is 16.4. The molecule has 2 aromatic carbocycles. The van der Waals surface area contributed by atoms with Crippen LogP contribution in [0.3, 0.4) is 0 Å². The third-order valence-corrected chi connectivity index (χ3v) is 4.75. The summed E-state index contributed by atoms with van der Waals surface area (Å²) in [7, 11) is 0. The van der Waals surface area contributed by atoms with Crippen molar-refractivity contribution in [2.24, 2.45) is 0 Å². The molecule has 0 saturated heterocycles. The van der Waals surface area contributed by atoms with Crippen LogP contribution >= 0.6 is 11.3 Å². The van der Waals surface area contributed by atoms with Crippen molar-refractivity contribution in [1.82, 2.24) is 4.98 Å². The summed E-state index contributed by atoms with van der Waals surface area (Å²) in [5.41, 5.74) is 2.26. The van der Waals surface area contributed by atoms with E-state index in [0.29, 0.717) is 16.6 Å². The summed E-state index contributed by atoms with van der Waals surface area (Å²) in [6.07, 6.45) is 0. The number of nitrogens with zero attached hydrogens (tertiary/aromatic N) is 2. The van der Waals surface area contributed by atoms with E-state index in [2.05, 4.69) is 4.98 Å². The predicted octanol–water partition coefficient (Wildman–Crippen LogP) is 4.26. The zero-order chi connectivity index (χ0) is 19.9. The number of hydrogen-bond acceptors (Lipinski definition) is 6. The van der Waals surface area contributed by atoms with E-state index < -0.39 is 5.97 Å². The van der Waals surface area contributed by atoms with Crippen molar-refractivity contribution in [3.8, 4) is 5.75 Å². The lowest BCUT2D eigenvalue weighted by atomic mass is 10.2. The van der Waals surface area contributed by atoms with Gasteiger partial charge in [0.2, 0.25) is 5.91 Å². The van der Waals surface area contributed by atoms with Gasteiger partial charge < -0.3 is 9.47 Å². The van der Waals surface area contributed by atoms with Crippen LogP contribution in [0.25, 0.3) is 0 Å². The number of anilines is 2. The lowest BCUT2D eigenvalue weighted by Crippen LogP contribution is -2.22. The van der Waals surface area contributed by atoms with Crippen LogP contribution < -0.4 is 9.64 Å². The number of benzene rings is 2. The van der Waals surface area contributed by atoms with E-state index in [1.165, 1.54) is 23.2 Å². The largest absolute Gasteiger partial charge is 0.482 e. The first-order chi connectivity index (χ1) is 13.5. The second kappa shape index (κ2) is 9.14. The van der Waals surface area contributed by atoms with Gasteiger partial charge in [-0.15, -0.1) is 11.3 Å². The molecule has 1 amide bonds. The Kier molecular flexibility index (Phi) is 6.39. The molecule has 0 bridgehead atoms. The maximum absolute atomic E-state index is 12.1. The average Bonchev–Trinajstić information content (AvgIpc) is 3.15. The maximum atomic E-state index is 12.1. The fourth-order valence-electron chi connectivity index (χ4n) is 2.52. The monoisotopic (exact) mass is 396 g/mol. The van der Waals surface area contributed by atoms with Crippen LogP contribution in [0.15, 0.2) is 60.0 Å². The molecule has 28 heavy (non-hydrogen) atoms. The first-order valence-corrected chi connectivity index (χ1v) is 9.57. The van der Waals surface area contributed by atoms with Gasteiger partial charge in [-0.2, -0.15) is 0 Å². The molecule has 0 radical (unpaired) electrons. The van der Waals surface area contributed by atoms with Crippen molar-refractivity contribution in [3.63, 3.8) is 0 Å². The number of aryl methyl sites for hydroxylation is 1. The Morgan fingerprint density at radius 2 is 1.79 bits per heavy atom. The van der Waals surface area contributed by atoms with Gasteiger partial charge in [0.25, 0.3) is 0 Å². The van der Waals surface area contributed by atoms with Gasteiger partial charge in [0.15, 0.2) is 11.7 Å². The quantitative estimate of drug-likeness (QED) is 0.558.